The highest BCUT2D eigenvalue weighted by Gasteiger charge is 2.16. The SMILES string of the molecule is O=C(C=Cc1ccc(Sc2cccc(OCc3ccccc3)c2)cc1Cl)Nc1ccc(C(=O)O)c(C(=O)O)c1. The summed E-state index contributed by atoms with van der Waals surface area (Å²) in [6.45, 7) is 0.476. The van der Waals surface area contributed by atoms with Crippen LogP contribution in [0.3, 0.4) is 0 Å². The lowest BCUT2D eigenvalue weighted by Gasteiger charge is -2.09. The molecule has 0 spiro atoms. The van der Waals surface area contributed by atoms with Gasteiger partial charge in [-0.15, -0.1) is 0 Å². The van der Waals surface area contributed by atoms with Crippen LogP contribution in [0.4, 0.5) is 5.69 Å². The van der Waals surface area contributed by atoms with E-state index in [-0.39, 0.29) is 11.3 Å². The Morgan fingerprint density at radius 3 is 2.28 bits per heavy atom. The first-order chi connectivity index (χ1) is 18.8. The molecule has 0 atom stereocenters. The maximum absolute atomic E-state index is 12.4. The zero-order chi connectivity index (χ0) is 27.8. The molecule has 9 heteroatoms. The van der Waals surface area contributed by atoms with Crippen LogP contribution in [-0.2, 0) is 11.4 Å². The minimum atomic E-state index is -1.41. The zero-order valence-electron chi connectivity index (χ0n) is 20.3. The summed E-state index contributed by atoms with van der Waals surface area (Å²) in [6, 6.07) is 26.7. The quantitative estimate of drug-likeness (QED) is 0.177. The molecule has 7 nitrogen and oxygen atoms in total. The monoisotopic (exact) mass is 559 g/mol. The molecule has 0 aliphatic rings. The largest absolute Gasteiger partial charge is 0.489 e. The van der Waals surface area contributed by atoms with E-state index in [0.29, 0.717) is 17.2 Å². The molecule has 0 saturated carbocycles. The number of anilines is 1. The van der Waals surface area contributed by atoms with Gasteiger partial charge in [0.15, 0.2) is 0 Å². The first kappa shape index (κ1) is 27.5. The third-order valence-electron chi connectivity index (χ3n) is 5.42. The topological polar surface area (TPSA) is 113 Å². The number of amides is 1. The summed E-state index contributed by atoms with van der Waals surface area (Å²) < 4.78 is 5.90. The summed E-state index contributed by atoms with van der Waals surface area (Å²) in [6.07, 6.45) is 2.79. The first-order valence-corrected chi connectivity index (χ1v) is 12.8. The molecule has 4 aromatic rings. The van der Waals surface area contributed by atoms with E-state index in [0.717, 1.165) is 33.2 Å². The highest BCUT2D eigenvalue weighted by molar-refractivity contribution is 7.99. The predicted molar refractivity (Wildman–Crippen MR) is 151 cm³/mol. The molecule has 0 aromatic heterocycles. The molecule has 0 heterocycles. The van der Waals surface area contributed by atoms with E-state index in [1.165, 1.54) is 30.0 Å². The number of nitrogens with one attached hydrogen (secondary N) is 1. The van der Waals surface area contributed by atoms with Gasteiger partial charge in [0.05, 0.1) is 11.1 Å². The van der Waals surface area contributed by atoms with Gasteiger partial charge in [-0.1, -0.05) is 65.8 Å². The lowest BCUT2D eigenvalue weighted by Crippen LogP contribution is -2.12. The number of hydrogen-bond donors (Lipinski definition) is 3. The Bertz CT molecular complexity index is 1550. The Labute approximate surface area is 233 Å². The highest BCUT2D eigenvalue weighted by Crippen LogP contribution is 2.33. The lowest BCUT2D eigenvalue weighted by molar-refractivity contribution is -0.111. The van der Waals surface area contributed by atoms with Gasteiger partial charge in [0.25, 0.3) is 0 Å². The fourth-order valence-corrected chi connectivity index (χ4v) is 4.76. The van der Waals surface area contributed by atoms with Crippen molar-refractivity contribution in [1.82, 2.24) is 0 Å². The number of hydrogen-bond acceptors (Lipinski definition) is 5. The van der Waals surface area contributed by atoms with Gasteiger partial charge in [-0.2, -0.15) is 0 Å². The van der Waals surface area contributed by atoms with Crippen molar-refractivity contribution in [1.29, 1.82) is 0 Å². The van der Waals surface area contributed by atoms with Gasteiger partial charge in [0.2, 0.25) is 5.91 Å². The van der Waals surface area contributed by atoms with Crippen molar-refractivity contribution in [2.45, 2.75) is 16.4 Å². The number of carbonyl (C=O) groups excluding carboxylic acids is 1. The lowest BCUT2D eigenvalue weighted by atomic mass is 10.1. The molecule has 0 unspecified atom stereocenters. The van der Waals surface area contributed by atoms with Gasteiger partial charge in [-0.05, 0) is 65.7 Å². The molecule has 0 bridgehead atoms. The van der Waals surface area contributed by atoms with Crippen molar-refractivity contribution in [2.24, 2.45) is 0 Å². The van der Waals surface area contributed by atoms with Gasteiger partial charge < -0.3 is 20.3 Å². The maximum atomic E-state index is 12.4. The van der Waals surface area contributed by atoms with Crippen LogP contribution in [-0.4, -0.2) is 28.1 Å². The van der Waals surface area contributed by atoms with E-state index < -0.39 is 23.4 Å². The number of carboxylic acid groups (broad SMARTS) is 2. The number of ether oxygens (including phenoxy) is 1. The van der Waals surface area contributed by atoms with Gasteiger partial charge in [-0.25, -0.2) is 9.59 Å². The fourth-order valence-electron chi connectivity index (χ4n) is 3.55. The number of carbonyl (C=O) groups is 3. The van der Waals surface area contributed by atoms with Crippen molar-refractivity contribution in [2.75, 3.05) is 5.32 Å². The second-order valence-corrected chi connectivity index (χ2v) is 9.78. The average molecular weight is 560 g/mol. The summed E-state index contributed by atoms with van der Waals surface area (Å²) in [7, 11) is 0. The van der Waals surface area contributed by atoms with Gasteiger partial charge >= 0.3 is 11.9 Å². The standard InChI is InChI=1S/C30H22ClNO6S/c31-27-17-24(39-23-8-4-7-22(16-23)38-18-19-5-2-1-3-6-19)12-9-20(27)10-14-28(33)32-21-11-13-25(29(34)35)26(15-21)30(36)37/h1-17H,18H2,(H,32,33)(H,34,35)(H,36,37). The van der Waals surface area contributed by atoms with Crippen LogP contribution < -0.4 is 10.1 Å². The molecule has 0 radical (unpaired) electrons. The molecular formula is C30H22ClNO6S. The predicted octanol–water partition coefficient (Wildman–Crippen LogP) is 7.12. The summed E-state index contributed by atoms with van der Waals surface area (Å²) >= 11 is 7.97. The van der Waals surface area contributed by atoms with Crippen LogP contribution in [0.25, 0.3) is 6.08 Å². The van der Waals surface area contributed by atoms with Gasteiger partial charge in [0, 0.05) is 26.6 Å². The molecule has 0 fully saturated rings. The molecule has 4 aromatic carbocycles. The van der Waals surface area contributed by atoms with Gasteiger partial charge in [0.1, 0.15) is 12.4 Å². The van der Waals surface area contributed by atoms with E-state index in [4.69, 9.17) is 21.4 Å². The smallest absolute Gasteiger partial charge is 0.336 e. The summed E-state index contributed by atoms with van der Waals surface area (Å²) in [5, 5.41) is 21.3. The molecule has 1 amide bonds. The first-order valence-electron chi connectivity index (χ1n) is 11.6. The second kappa shape index (κ2) is 12.8. The molecule has 0 aliphatic carbocycles. The van der Waals surface area contributed by atoms with Crippen molar-refractivity contribution in [3.63, 3.8) is 0 Å². The Morgan fingerprint density at radius 1 is 0.821 bits per heavy atom. The summed E-state index contributed by atoms with van der Waals surface area (Å²) in [5.41, 5.74) is 1.06. The van der Waals surface area contributed by atoms with Crippen LogP contribution in [0.15, 0.2) is 107 Å². The Hall–Kier alpha value is -4.53. The molecule has 0 saturated heterocycles. The van der Waals surface area contributed by atoms with Crippen LogP contribution >= 0.6 is 23.4 Å². The number of benzene rings is 4. The second-order valence-electron chi connectivity index (χ2n) is 8.23. The van der Waals surface area contributed by atoms with Crippen molar-refractivity contribution in [3.8, 4) is 5.75 Å². The van der Waals surface area contributed by atoms with Crippen molar-refractivity contribution < 1.29 is 29.3 Å². The van der Waals surface area contributed by atoms with Crippen LogP contribution in [0.2, 0.25) is 5.02 Å². The molecule has 3 N–H and O–H groups in total. The number of rotatable bonds is 10. The number of aromatic carboxylic acids is 2. The van der Waals surface area contributed by atoms with Crippen LogP contribution in [0.1, 0.15) is 31.8 Å². The fraction of sp³-hybridized carbons (Fsp3) is 0.0333. The Balaban J connectivity index is 1.38. The molecule has 196 valence electrons. The zero-order valence-corrected chi connectivity index (χ0v) is 21.9. The van der Waals surface area contributed by atoms with Crippen molar-refractivity contribution in [3.05, 3.63) is 124 Å². The minimum absolute atomic E-state index is 0.153. The van der Waals surface area contributed by atoms with E-state index in [1.54, 1.807) is 12.1 Å². The van der Waals surface area contributed by atoms with Crippen molar-refractivity contribution >= 4 is 53.0 Å². The average Bonchev–Trinajstić information content (AvgIpc) is 2.92. The number of halogens is 1. The molecule has 0 aliphatic heterocycles. The van der Waals surface area contributed by atoms with Gasteiger partial charge in [-0.3, -0.25) is 4.79 Å². The Morgan fingerprint density at radius 2 is 1.56 bits per heavy atom. The van der Waals surface area contributed by atoms with E-state index >= 15 is 0 Å². The molecule has 39 heavy (non-hydrogen) atoms. The Kier molecular flexibility index (Phi) is 9.04. The van der Waals surface area contributed by atoms with Crippen LogP contribution in [0.5, 0.6) is 5.75 Å². The summed E-state index contributed by atoms with van der Waals surface area (Å²) in [4.78, 5) is 36.8. The highest BCUT2D eigenvalue weighted by atomic mass is 35.5. The normalized spacial score (nSPS) is 10.8. The van der Waals surface area contributed by atoms with Crippen LogP contribution in [0, 0.1) is 0 Å². The summed E-state index contributed by atoms with van der Waals surface area (Å²) in [5.74, 6) is -2.55. The van der Waals surface area contributed by atoms with E-state index in [1.807, 2.05) is 60.7 Å². The molecule has 4 rings (SSSR count). The maximum Gasteiger partial charge on any atom is 0.336 e. The third kappa shape index (κ3) is 7.73. The minimum Gasteiger partial charge on any atom is -0.489 e. The van der Waals surface area contributed by atoms with E-state index in [2.05, 4.69) is 5.32 Å². The van der Waals surface area contributed by atoms with E-state index in [9.17, 15) is 19.5 Å². The third-order valence-corrected chi connectivity index (χ3v) is 6.73. The number of carboxylic acids is 2. The molecular weight excluding hydrogens is 538 g/mol.